The third-order valence-corrected chi connectivity index (χ3v) is 5.14. The lowest BCUT2D eigenvalue weighted by molar-refractivity contribution is -0.105. The van der Waals surface area contributed by atoms with E-state index in [1.54, 1.807) is 33.9 Å². The Bertz CT molecular complexity index is 1420. The number of carbonyl (C=O) groups excluding carboxylic acids is 1. The molecule has 4 aromatic heterocycles. The molecule has 1 aromatic carbocycles. The zero-order valence-electron chi connectivity index (χ0n) is 15.6. The summed E-state index contributed by atoms with van der Waals surface area (Å²) >= 11 is 6.48. The van der Waals surface area contributed by atoms with E-state index in [-0.39, 0.29) is 11.6 Å². The third kappa shape index (κ3) is 2.89. The van der Waals surface area contributed by atoms with E-state index in [1.807, 2.05) is 13.0 Å². The maximum Gasteiger partial charge on any atom is 0.212 e. The van der Waals surface area contributed by atoms with Crippen LogP contribution in [0.3, 0.4) is 0 Å². The average molecular weight is 425 g/mol. The molecule has 150 valence electrons. The molecule has 11 heteroatoms. The molecular formula is C19H14ClFN8O. The summed E-state index contributed by atoms with van der Waals surface area (Å²) < 4.78 is 18.7. The van der Waals surface area contributed by atoms with Gasteiger partial charge in [0.15, 0.2) is 11.5 Å². The molecule has 0 saturated heterocycles. The molecule has 0 unspecified atom stereocenters. The first kappa shape index (κ1) is 18.3. The van der Waals surface area contributed by atoms with E-state index < -0.39 is 5.82 Å². The highest BCUT2D eigenvalue weighted by Crippen LogP contribution is 2.38. The molecule has 0 aliphatic carbocycles. The summed E-state index contributed by atoms with van der Waals surface area (Å²) in [4.78, 5) is 19.3. The number of H-pyrrole nitrogens is 1. The number of benzene rings is 1. The smallest absolute Gasteiger partial charge is 0.212 e. The zero-order chi connectivity index (χ0) is 20.8. The van der Waals surface area contributed by atoms with Crippen molar-refractivity contribution in [2.45, 2.75) is 13.5 Å². The first-order chi connectivity index (χ1) is 14.5. The van der Waals surface area contributed by atoms with Crippen LogP contribution in [0.1, 0.15) is 11.3 Å². The first-order valence-electron chi connectivity index (χ1n) is 8.93. The Kier molecular flexibility index (Phi) is 4.21. The Hall–Kier alpha value is -3.79. The second-order valence-electron chi connectivity index (χ2n) is 6.72. The van der Waals surface area contributed by atoms with Crippen molar-refractivity contribution in [2.75, 3.05) is 5.32 Å². The Morgan fingerprint density at radius 1 is 1.33 bits per heavy atom. The molecule has 0 fully saturated rings. The third-order valence-electron chi connectivity index (χ3n) is 4.79. The molecule has 0 radical (unpaired) electrons. The fraction of sp³-hybridized carbons (Fsp3) is 0.105. The van der Waals surface area contributed by atoms with Crippen molar-refractivity contribution in [3.8, 4) is 11.3 Å². The van der Waals surface area contributed by atoms with Crippen LogP contribution in [0, 0.1) is 12.7 Å². The van der Waals surface area contributed by atoms with E-state index in [1.165, 1.54) is 6.20 Å². The molecule has 30 heavy (non-hydrogen) atoms. The number of rotatable bonds is 5. The van der Waals surface area contributed by atoms with Crippen LogP contribution in [0.25, 0.3) is 27.8 Å². The van der Waals surface area contributed by atoms with Crippen molar-refractivity contribution in [1.29, 1.82) is 0 Å². The molecule has 2 N–H and O–H groups in total. The van der Waals surface area contributed by atoms with E-state index in [4.69, 9.17) is 11.6 Å². The number of halogens is 2. The minimum Gasteiger partial charge on any atom is -0.312 e. The highest BCUT2D eigenvalue weighted by Gasteiger charge is 2.22. The highest BCUT2D eigenvalue weighted by atomic mass is 35.5. The Morgan fingerprint density at radius 3 is 2.97 bits per heavy atom. The van der Waals surface area contributed by atoms with E-state index in [2.05, 4.69) is 30.6 Å². The van der Waals surface area contributed by atoms with Crippen molar-refractivity contribution < 1.29 is 9.18 Å². The second-order valence-corrected chi connectivity index (χ2v) is 7.10. The molecule has 0 bridgehead atoms. The van der Waals surface area contributed by atoms with Crippen LogP contribution in [0.4, 0.5) is 10.2 Å². The molecular weight excluding hydrogens is 411 g/mol. The SMILES string of the molecule is Cc1ccn(Cc2c(F)c(Cl)c(-c3cn4cc(NC=O)nc4cn3)c3cn[nH]c23)n1. The topological polar surface area (TPSA) is 106 Å². The van der Waals surface area contributed by atoms with Crippen molar-refractivity contribution in [3.05, 3.63) is 59.1 Å². The number of hydrogen-bond acceptors (Lipinski definition) is 5. The van der Waals surface area contributed by atoms with Crippen LogP contribution >= 0.6 is 11.6 Å². The minimum absolute atomic E-state index is 0.0546. The largest absolute Gasteiger partial charge is 0.312 e. The molecule has 0 spiro atoms. The second kappa shape index (κ2) is 6.92. The number of aromatic nitrogens is 7. The van der Waals surface area contributed by atoms with Gasteiger partial charge in [-0.25, -0.2) is 9.37 Å². The zero-order valence-corrected chi connectivity index (χ0v) is 16.4. The molecule has 0 saturated carbocycles. The molecule has 0 aliphatic heterocycles. The van der Waals surface area contributed by atoms with Gasteiger partial charge in [-0.15, -0.1) is 0 Å². The quantitative estimate of drug-likeness (QED) is 0.421. The molecule has 0 atom stereocenters. The van der Waals surface area contributed by atoms with Gasteiger partial charge in [-0.2, -0.15) is 10.2 Å². The number of hydrogen-bond donors (Lipinski definition) is 2. The van der Waals surface area contributed by atoms with Gasteiger partial charge in [0.2, 0.25) is 6.41 Å². The molecule has 9 nitrogen and oxygen atoms in total. The predicted octanol–water partition coefficient (Wildman–Crippen LogP) is 3.19. The monoisotopic (exact) mass is 424 g/mol. The van der Waals surface area contributed by atoms with Gasteiger partial charge in [0.1, 0.15) is 5.82 Å². The minimum atomic E-state index is -0.563. The standard InChI is InChI=1S/C19H14ClFN8O/c1-10-2-3-29(27-10)6-12-18(21)17(20)16(11-4-24-26-19(11)12)13-7-28-8-14(23-9-30)25-15(28)5-22-13/h2-5,7-9H,6H2,1H3,(H,23,30)(H,24,26). The molecule has 5 rings (SSSR count). The maximum atomic E-state index is 15.3. The number of fused-ring (bicyclic) bond motifs is 2. The van der Waals surface area contributed by atoms with Gasteiger partial charge in [0.25, 0.3) is 0 Å². The van der Waals surface area contributed by atoms with Crippen LogP contribution in [-0.2, 0) is 11.3 Å². The Labute approximate surface area is 173 Å². The van der Waals surface area contributed by atoms with E-state index in [0.717, 1.165) is 5.69 Å². The number of nitrogens with one attached hydrogen (secondary N) is 2. The first-order valence-corrected chi connectivity index (χ1v) is 9.31. The van der Waals surface area contributed by atoms with Gasteiger partial charge in [-0.1, -0.05) is 11.6 Å². The summed E-state index contributed by atoms with van der Waals surface area (Å²) in [6.45, 7) is 2.07. The molecule has 1 amide bonds. The van der Waals surface area contributed by atoms with Gasteiger partial charge >= 0.3 is 0 Å². The van der Waals surface area contributed by atoms with Crippen molar-refractivity contribution in [3.63, 3.8) is 0 Å². The summed E-state index contributed by atoms with van der Waals surface area (Å²) in [5.41, 5.74) is 3.10. The number of aromatic amines is 1. The van der Waals surface area contributed by atoms with Crippen molar-refractivity contribution in [1.82, 2.24) is 34.3 Å². The Morgan fingerprint density at radius 2 is 2.20 bits per heavy atom. The van der Waals surface area contributed by atoms with Crippen LogP contribution < -0.4 is 5.32 Å². The number of amides is 1. The fourth-order valence-corrected chi connectivity index (χ4v) is 3.76. The molecule has 4 heterocycles. The number of anilines is 1. The predicted molar refractivity (Wildman–Crippen MR) is 109 cm³/mol. The summed E-state index contributed by atoms with van der Waals surface area (Å²) in [6.07, 6.45) is 8.72. The number of carbonyl (C=O) groups is 1. The van der Waals surface area contributed by atoms with Crippen LogP contribution in [0.5, 0.6) is 0 Å². The lowest BCUT2D eigenvalue weighted by atomic mass is 10.0. The maximum absolute atomic E-state index is 15.3. The van der Waals surface area contributed by atoms with E-state index >= 15 is 4.39 Å². The number of imidazole rings is 1. The van der Waals surface area contributed by atoms with E-state index in [9.17, 15) is 4.79 Å². The lowest BCUT2D eigenvalue weighted by Crippen LogP contribution is -2.05. The van der Waals surface area contributed by atoms with Gasteiger partial charge in [-0.3, -0.25) is 19.6 Å². The van der Waals surface area contributed by atoms with E-state index in [0.29, 0.717) is 45.6 Å². The van der Waals surface area contributed by atoms with Crippen LogP contribution in [-0.4, -0.2) is 40.8 Å². The summed E-state index contributed by atoms with van der Waals surface area (Å²) in [7, 11) is 0. The molecule has 0 aliphatic rings. The molecule has 5 aromatic rings. The average Bonchev–Trinajstić information content (AvgIpc) is 3.45. The van der Waals surface area contributed by atoms with Gasteiger partial charge in [0.05, 0.1) is 47.1 Å². The fourth-order valence-electron chi connectivity index (χ4n) is 3.45. The highest BCUT2D eigenvalue weighted by molar-refractivity contribution is 6.35. The number of nitrogens with zero attached hydrogens (tertiary/aromatic N) is 6. The van der Waals surface area contributed by atoms with Crippen LogP contribution in [0.2, 0.25) is 5.02 Å². The summed E-state index contributed by atoms with van der Waals surface area (Å²) in [5.74, 6) is -0.188. The summed E-state index contributed by atoms with van der Waals surface area (Å²) in [5, 5.41) is 14.3. The number of aryl methyl sites for hydroxylation is 1. The normalized spacial score (nSPS) is 11.4. The van der Waals surface area contributed by atoms with Gasteiger partial charge in [-0.05, 0) is 13.0 Å². The van der Waals surface area contributed by atoms with Gasteiger partial charge < -0.3 is 9.72 Å². The van der Waals surface area contributed by atoms with Crippen LogP contribution in [0.15, 0.2) is 37.1 Å². The van der Waals surface area contributed by atoms with Crippen molar-refractivity contribution in [2.24, 2.45) is 0 Å². The van der Waals surface area contributed by atoms with Crippen molar-refractivity contribution >= 4 is 40.4 Å². The lowest BCUT2D eigenvalue weighted by Gasteiger charge is -2.12. The summed E-state index contributed by atoms with van der Waals surface area (Å²) in [6, 6.07) is 1.84. The Balaban J connectivity index is 1.67. The van der Waals surface area contributed by atoms with Gasteiger partial charge in [0, 0.05) is 28.9 Å².